The molecule has 0 saturated carbocycles. The minimum absolute atomic E-state index is 0.110. The third-order valence-corrected chi connectivity index (χ3v) is 3.58. The van der Waals surface area contributed by atoms with Crippen LogP contribution in [0.2, 0.25) is 0 Å². The Morgan fingerprint density at radius 3 is 2.62 bits per heavy atom. The number of rotatable bonds is 4. The molecule has 21 heavy (non-hydrogen) atoms. The number of phenols is 1. The third-order valence-electron chi connectivity index (χ3n) is 3.09. The Morgan fingerprint density at radius 1 is 1.29 bits per heavy atom. The van der Waals surface area contributed by atoms with Gasteiger partial charge in [-0.3, -0.25) is 4.79 Å². The fourth-order valence-electron chi connectivity index (χ4n) is 1.98. The van der Waals surface area contributed by atoms with E-state index in [0.717, 1.165) is 5.56 Å². The van der Waals surface area contributed by atoms with E-state index in [1.165, 1.54) is 19.2 Å². The number of ether oxygens (including phenoxy) is 1. The Labute approximate surface area is 131 Å². The monoisotopic (exact) mass is 349 g/mol. The number of alkyl halides is 1. The zero-order valence-corrected chi connectivity index (χ0v) is 13.3. The summed E-state index contributed by atoms with van der Waals surface area (Å²) in [5.74, 6) is 0.0190. The van der Waals surface area contributed by atoms with Crippen LogP contribution in [0.5, 0.6) is 11.5 Å². The van der Waals surface area contributed by atoms with Gasteiger partial charge in [-0.05, 0) is 30.7 Å². The molecule has 0 aromatic heterocycles. The third kappa shape index (κ3) is 3.55. The van der Waals surface area contributed by atoms with Crippen molar-refractivity contribution in [2.75, 3.05) is 12.4 Å². The van der Waals surface area contributed by atoms with Gasteiger partial charge in [0, 0.05) is 16.6 Å². The van der Waals surface area contributed by atoms with Gasteiger partial charge in [-0.15, -0.1) is 0 Å². The number of amides is 1. The minimum atomic E-state index is -0.365. The maximum Gasteiger partial charge on any atom is 0.259 e. The first-order valence-corrected chi connectivity index (χ1v) is 7.36. The molecule has 0 spiro atoms. The molecule has 2 rings (SSSR count). The lowest BCUT2D eigenvalue weighted by molar-refractivity contribution is 0.102. The first kappa shape index (κ1) is 15.4. The van der Waals surface area contributed by atoms with Gasteiger partial charge in [-0.1, -0.05) is 34.1 Å². The normalized spacial score (nSPS) is 11.8. The van der Waals surface area contributed by atoms with Crippen LogP contribution in [0.3, 0.4) is 0 Å². The summed E-state index contributed by atoms with van der Waals surface area (Å²) < 4.78 is 5.00. The molecule has 110 valence electrons. The lowest BCUT2D eigenvalue weighted by Crippen LogP contribution is -2.13. The summed E-state index contributed by atoms with van der Waals surface area (Å²) in [6.45, 7) is 1.98. The Bertz CT molecular complexity index is 656. The van der Waals surface area contributed by atoms with Gasteiger partial charge in [0.05, 0.1) is 12.7 Å². The van der Waals surface area contributed by atoms with Crippen LogP contribution in [0, 0.1) is 0 Å². The predicted molar refractivity (Wildman–Crippen MR) is 86.4 cm³/mol. The molecule has 0 fully saturated rings. The van der Waals surface area contributed by atoms with Crippen LogP contribution < -0.4 is 10.1 Å². The molecule has 1 atom stereocenters. The second kappa shape index (κ2) is 6.63. The molecule has 0 saturated heterocycles. The van der Waals surface area contributed by atoms with Crippen molar-refractivity contribution in [3.05, 3.63) is 53.6 Å². The highest BCUT2D eigenvalue weighted by Gasteiger charge is 2.15. The highest BCUT2D eigenvalue weighted by Crippen LogP contribution is 2.30. The number of phenolic OH excluding ortho intramolecular Hbond substituents is 1. The van der Waals surface area contributed by atoms with Gasteiger partial charge in [0.2, 0.25) is 0 Å². The van der Waals surface area contributed by atoms with Gasteiger partial charge >= 0.3 is 0 Å². The summed E-state index contributed by atoms with van der Waals surface area (Å²) in [7, 11) is 1.50. The van der Waals surface area contributed by atoms with E-state index in [9.17, 15) is 9.90 Å². The van der Waals surface area contributed by atoms with Crippen LogP contribution in [0.1, 0.15) is 27.7 Å². The second-order valence-electron chi connectivity index (χ2n) is 4.54. The number of hydrogen-bond acceptors (Lipinski definition) is 3. The maximum atomic E-state index is 12.3. The van der Waals surface area contributed by atoms with Gasteiger partial charge in [0.1, 0.15) is 11.5 Å². The first-order chi connectivity index (χ1) is 10.0. The fourth-order valence-corrected chi connectivity index (χ4v) is 2.38. The molecule has 0 bridgehead atoms. The average Bonchev–Trinajstić information content (AvgIpc) is 2.47. The zero-order valence-electron chi connectivity index (χ0n) is 11.8. The number of halogens is 1. The van der Waals surface area contributed by atoms with E-state index in [1.807, 2.05) is 31.2 Å². The zero-order chi connectivity index (χ0) is 15.4. The van der Waals surface area contributed by atoms with Gasteiger partial charge in [0.25, 0.3) is 5.91 Å². The number of hydrogen-bond donors (Lipinski definition) is 2. The molecule has 0 aliphatic heterocycles. The second-order valence-corrected chi connectivity index (χ2v) is 5.91. The Balaban J connectivity index is 2.26. The van der Waals surface area contributed by atoms with Gasteiger partial charge < -0.3 is 15.2 Å². The quantitative estimate of drug-likeness (QED) is 0.816. The van der Waals surface area contributed by atoms with E-state index in [2.05, 4.69) is 21.2 Å². The molecule has 4 nitrogen and oxygen atoms in total. The SMILES string of the molecule is COc1ccc(C(=O)Nc2ccccc2C(C)Br)c(O)c1. The van der Waals surface area contributed by atoms with Crippen molar-refractivity contribution >= 4 is 27.5 Å². The van der Waals surface area contributed by atoms with Gasteiger partial charge in [0.15, 0.2) is 0 Å². The summed E-state index contributed by atoms with van der Waals surface area (Å²) in [5.41, 5.74) is 1.88. The number of methoxy groups -OCH3 is 1. The summed E-state index contributed by atoms with van der Waals surface area (Å²) in [4.78, 5) is 12.4. The number of carbonyl (C=O) groups is 1. The van der Waals surface area contributed by atoms with Crippen molar-refractivity contribution in [3.63, 3.8) is 0 Å². The van der Waals surface area contributed by atoms with Crippen LogP contribution in [0.25, 0.3) is 0 Å². The lowest BCUT2D eigenvalue weighted by Gasteiger charge is -2.13. The number of benzene rings is 2. The molecular formula is C16H16BrNO3. The van der Waals surface area contributed by atoms with Crippen LogP contribution in [-0.2, 0) is 0 Å². The molecule has 1 unspecified atom stereocenters. The van der Waals surface area contributed by atoms with E-state index in [4.69, 9.17) is 4.74 Å². The molecule has 0 heterocycles. The fraction of sp³-hybridized carbons (Fsp3) is 0.188. The highest BCUT2D eigenvalue weighted by molar-refractivity contribution is 9.09. The Kier molecular flexibility index (Phi) is 4.85. The van der Waals surface area contributed by atoms with Crippen molar-refractivity contribution in [1.82, 2.24) is 0 Å². The molecular weight excluding hydrogens is 334 g/mol. The van der Waals surface area contributed by atoms with Gasteiger partial charge in [-0.25, -0.2) is 0 Å². The first-order valence-electron chi connectivity index (χ1n) is 6.44. The number of aromatic hydroxyl groups is 1. The summed E-state index contributed by atoms with van der Waals surface area (Å²) in [5, 5.41) is 12.7. The number of anilines is 1. The molecule has 2 N–H and O–H groups in total. The molecule has 1 amide bonds. The molecule has 0 aliphatic carbocycles. The van der Waals surface area contributed by atoms with Crippen LogP contribution >= 0.6 is 15.9 Å². The van der Waals surface area contributed by atoms with Crippen molar-refractivity contribution < 1.29 is 14.6 Å². The summed E-state index contributed by atoms with van der Waals surface area (Å²) >= 11 is 3.50. The standard InChI is InChI=1S/C16H16BrNO3/c1-10(17)12-5-3-4-6-14(12)18-16(20)13-8-7-11(21-2)9-15(13)19/h3-10,19H,1-2H3,(H,18,20). The molecule has 2 aromatic rings. The van der Waals surface area contributed by atoms with Crippen LogP contribution in [0.4, 0.5) is 5.69 Å². The van der Waals surface area contributed by atoms with Crippen molar-refractivity contribution in [3.8, 4) is 11.5 Å². The van der Waals surface area contributed by atoms with Crippen molar-refractivity contribution in [1.29, 1.82) is 0 Å². The summed E-state index contributed by atoms with van der Waals surface area (Å²) in [6, 6.07) is 12.1. The van der Waals surface area contributed by atoms with Crippen molar-refractivity contribution in [2.45, 2.75) is 11.8 Å². The van der Waals surface area contributed by atoms with E-state index >= 15 is 0 Å². The van der Waals surface area contributed by atoms with E-state index in [0.29, 0.717) is 11.4 Å². The topological polar surface area (TPSA) is 58.6 Å². The predicted octanol–water partition coefficient (Wildman–Crippen LogP) is 4.11. The highest BCUT2D eigenvalue weighted by atomic mass is 79.9. The Morgan fingerprint density at radius 2 is 2.00 bits per heavy atom. The summed E-state index contributed by atoms with van der Waals surface area (Å²) in [6.07, 6.45) is 0. The van der Waals surface area contributed by atoms with Gasteiger partial charge in [-0.2, -0.15) is 0 Å². The Hall–Kier alpha value is -2.01. The number of carbonyl (C=O) groups excluding carboxylic acids is 1. The molecule has 0 radical (unpaired) electrons. The average molecular weight is 350 g/mol. The van der Waals surface area contributed by atoms with Crippen LogP contribution in [0.15, 0.2) is 42.5 Å². The maximum absolute atomic E-state index is 12.3. The van der Waals surface area contributed by atoms with E-state index in [-0.39, 0.29) is 22.0 Å². The largest absolute Gasteiger partial charge is 0.507 e. The number of para-hydroxylation sites is 1. The lowest BCUT2D eigenvalue weighted by atomic mass is 10.1. The molecule has 2 aromatic carbocycles. The molecule has 5 heteroatoms. The minimum Gasteiger partial charge on any atom is -0.507 e. The smallest absolute Gasteiger partial charge is 0.259 e. The number of nitrogens with one attached hydrogen (secondary N) is 1. The van der Waals surface area contributed by atoms with Crippen LogP contribution in [-0.4, -0.2) is 18.1 Å². The molecule has 0 aliphatic rings. The van der Waals surface area contributed by atoms with E-state index in [1.54, 1.807) is 6.07 Å². The van der Waals surface area contributed by atoms with E-state index < -0.39 is 0 Å². The van der Waals surface area contributed by atoms with Crippen molar-refractivity contribution in [2.24, 2.45) is 0 Å².